The summed E-state index contributed by atoms with van der Waals surface area (Å²) in [6, 6.07) is 0. The molecule has 0 amide bonds. The van der Waals surface area contributed by atoms with Crippen LogP contribution in [0.2, 0.25) is 0 Å². The van der Waals surface area contributed by atoms with E-state index in [9.17, 15) is 4.79 Å². The van der Waals surface area contributed by atoms with Crippen LogP contribution in [0.15, 0.2) is 11.8 Å². The van der Waals surface area contributed by atoms with Crippen molar-refractivity contribution in [3.63, 3.8) is 0 Å². The second kappa shape index (κ2) is 4.58. The van der Waals surface area contributed by atoms with E-state index in [0.717, 1.165) is 45.3 Å². The molecule has 16 heavy (non-hydrogen) atoms. The molecule has 0 aromatic heterocycles. The van der Waals surface area contributed by atoms with E-state index in [1.165, 1.54) is 5.70 Å². The van der Waals surface area contributed by atoms with Crippen LogP contribution in [0.4, 0.5) is 0 Å². The summed E-state index contributed by atoms with van der Waals surface area (Å²) in [5.74, 6) is 0.137. The SMILES string of the molecule is CC1(C)CCC(C=O)C=C1N1CCNCC1. The number of hydrogen-bond donors (Lipinski definition) is 1. The fourth-order valence-corrected chi connectivity index (χ4v) is 2.71. The van der Waals surface area contributed by atoms with E-state index >= 15 is 0 Å². The second-order valence-electron chi connectivity index (χ2n) is 5.51. The Morgan fingerprint density at radius 3 is 2.75 bits per heavy atom. The molecule has 0 bridgehead atoms. The third kappa shape index (κ3) is 2.29. The molecule has 0 aromatic rings. The molecule has 1 atom stereocenters. The Morgan fingerprint density at radius 1 is 1.44 bits per heavy atom. The van der Waals surface area contributed by atoms with Crippen LogP contribution >= 0.6 is 0 Å². The normalized spacial score (nSPS) is 29.8. The summed E-state index contributed by atoms with van der Waals surface area (Å²) in [4.78, 5) is 13.4. The maximum Gasteiger partial charge on any atom is 0.126 e. The van der Waals surface area contributed by atoms with E-state index in [1.54, 1.807) is 0 Å². The Labute approximate surface area is 97.9 Å². The van der Waals surface area contributed by atoms with Crippen LogP contribution in [0.3, 0.4) is 0 Å². The minimum absolute atomic E-state index is 0.137. The molecule has 2 aliphatic rings. The summed E-state index contributed by atoms with van der Waals surface area (Å²) >= 11 is 0. The summed E-state index contributed by atoms with van der Waals surface area (Å²) in [7, 11) is 0. The third-order valence-electron chi connectivity index (χ3n) is 3.80. The van der Waals surface area contributed by atoms with Gasteiger partial charge >= 0.3 is 0 Å². The highest BCUT2D eigenvalue weighted by atomic mass is 16.1. The molecule has 0 spiro atoms. The van der Waals surface area contributed by atoms with E-state index in [-0.39, 0.29) is 11.3 Å². The third-order valence-corrected chi connectivity index (χ3v) is 3.80. The number of allylic oxidation sites excluding steroid dienone is 2. The van der Waals surface area contributed by atoms with Gasteiger partial charge in [0.2, 0.25) is 0 Å². The van der Waals surface area contributed by atoms with Gasteiger partial charge in [0.25, 0.3) is 0 Å². The van der Waals surface area contributed by atoms with Crippen molar-refractivity contribution in [3.05, 3.63) is 11.8 Å². The first-order valence-electron chi connectivity index (χ1n) is 6.27. The van der Waals surface area contributed by atoms with Gasteiger partial charge in [-0.2, -0.15) is 0 Å². The van der Waals surface area contributed by atoms with Crippen LogP contribution in [0.25, 0.3) is 0 Å². The van der Waals surface area contributed by atoms with Crippen LogP contribution < -0.4 is 5.32 Å². The lowest BCUT2D eigenvalue weighted by atomic mass is 9.75. The van der Waals surface area contributed by atoms with Crippen molar-refractivity contribution >= 4 is 6.29 Å². The molecule has 3 nitrogen and oxygen atoms in total. The summed E-state index contributed by atoms with van der Waals surface area (Å²) in [5, 5.41) is 3.37. The highest BCUT2D eigenvalue weighted by molar-refractivity contribution is 5.57. The summed E-state index contributed by atoms with van der Waals surface area (Å²) < 4.78 is 0. The zero-order valence-corrected chi connectivity index (χ0v) is 10.3. The van der Waals surface area contributed by atoms with E-state index in [2.05, 4.69) is 30.1 Å². The Kier molecular flexibility index (Phi) is 3.33. The molecule has 1 N–H and O–H groups in total. The van der Waals surface area contributed by atoms with Gasteiger partial charge in [-0.1, -0.05) is 19.9 Å². The van der Waals surface area contributed by atoms with Gasteiger partial charge in [0.1, 0.15) is 6.29 Å². The van der Waals surface area contributed by atoms with Gasteiger partial charge in [-0.25, -0.2) is 0 Å². The lowest BCUT2D eigenvalue weighted by molar-refractivity contribution is -0.110. The number of carbonyl (C=O) groups is 1. The molecule has 1 fully saturated rings. The molecule has 0 saturated carbocycles. The molecule has 3 heteroatoms. The van der Waals surface area contributed by atoms with Gasteiger partial charge in [-0.15, -0.1) is 0 Å². The first kappa shape index (κ1) is 11.6. The number of hydrogen-bond acceptors (Lipinski definition) is 3. The molecule has 1 saturated heterocycles. The Bertz CT molecular complexity index is 290. The maximum atomic E-state index is 10.9. The van der Waals surface area contributed by atoms with E-state index in [4.69, 9.17) is 0 Å². The van der Waals surface area contributed by atoms with Crippen LogP contribution in [-0.4, -0.2) is 37.4 Å². The van der Waals surface area contributed by atoms with Gasteiger partial charge in [0.05, 0.1) is 0 Å². The van der Waals surface area contributed by atoms with Gasteiger partial charge < -0.3 is 15.0 Å². The minimum atomic E-state index is 0.137. The average Bonchev–Trinajstić information content (AvgIpc) is 2.30. The van der Waals surface area contributed by atoms with Crippen molar-refractivity contribution in [2.45, 2.75) is 26.7 Å². The maximum absolute atomic E-state index is 10.9. The number of carbonyl (C=O) groups excluding carboxylic acids is 1. The number of piperazine rings is 1. The number of aldehydes is 1. The minimum Gasteiger partial charge on any atom is -0.372 e. The van der Waals surface area contributed by atoms with Crippen molar-refractivity contribution in [1.82, 2.24) is 10.2 Å². The first-order valence-corrected chi connectivity index (χ1v) is 6.27. The Balaban J connectivity index is 2.19. The summed E-state index contributed by atoms with van der Waals surface area (Å²) in [6.07, 6.45) is 5.41. The van der Waals surface area contributed by atoms with Gasteiger partial charge in [0.15, 0.2) is 0 Å². The van der Waals surface area contributed by atoms with Gasteiger partial charge in [0, 0.05) is 43.2 Å². The largest absolute Gasteiger partial charge is 0.372 e. The molecule has 1 aliphatic carbocycles. The molecule has 2 rings (SSSR count). The van der Waals surface area contributed by atoms with Crippen LogP contribution in [0.1, 0.15) is 26.7 Å². The van der Waals surface area contributed by atoms with Crippen molar-refractivity contribution in [2.24, 2.45) is 11.3 Å². The molecule has 1 unspecified atom stereocenters. The van der Waals surface area contributed by atoms with Crippen molar-refractivity contribution in [3.8, 4) is 0 Å². The number of nitrogens with zero attached hydrogens (tertiary/aromatic N) is 1. The summed E-state index contributed by atoms with van der Waals surface area (Å²) in [5.41, 5.74) is 1.62. The van der Waals surface area contributed by atoms with Crippen LogP contribution in [0.5, 0.6) is 0 Å². The lowest BCUT2D eigenvalue weighted by Gasteiger charge is -2.42. The number of rotatable bonds is 2. The van der Waals surface area contributed by atoms with Crippen LogP contribution in [-0.2, 0) is 4.79 Å². The van der Waals surface area contributed by atoms with Crippen molar-refractivity contribution in [1.29, 1.82) is 0 Å². The monoisotopic (exact) mass is 222 g/mol. The topological polar surface area (TPSA) is 32.3 Å². The fraction of sp³-hybridized carbons (Fsp3) is 0.769. The zero-order chi connectivity index (χ0) is 11.6. The summed E-state index contributed by atoms with van der Waals surface area (Å²) in [6.45, 7) is 8.84. The predicted octanol–water partition coefficient (Wildman–Crippen LogP) is 1.41. The molecule has 0 radical (unpaired) electrons. The molecule has 1 aliphatic heterocycles. The molecular formula is C13H22N2O. The molecule has 0 aromatic carbocycles. The second-order valence-corrected chi connectivity index (χ2v) is 5.51. The fourth-order valence-electron chi connectivity index (χ4n) is 2.71. The van der Waals surface area contributed by atoms with E-state index in [0.29, 0.717) is 0 Å². The number of nitrogens with one attached hydrogen (secondary N) is 1. The van der Waals surface area contributed by atoms with Crippen LogP contribution in [0, 0.1) is 11.3 Å². The predicted molar refractivity (Wildman–Crippen MR) is 65.1 cm³/mol. The lowest BCUT2D eigenvalue weighted by Crippen LogP contribution is -2.46. The van der Waals surface area contributed by atoms with Crippen molar-refractivity contribution in [2.75, 3.05) is 26.2 Å². The quantitative estimate of drug-likeness (QED) is 0.717. The van der Waals surface area contributed by atoms with Gasteiger partial charge in [-0.3, -0.25) is 0 Å². The highest BCUT2D eigenvalue weighted by Gasteiger charge is 2.32. The molecular weight excluding hydrogens is 200 g/mol. The van der Waals surface area contributed by atoms with Crippen molar-refractivity contribution < 1.29 is 4.79 Å². The Morgan fingerprint density at radius 2 is 2.12 bits per heavy atom. The smallest absolute Gasteiger partial charge is 0.126 e. The standard InChI is InChI=1S/C13H22N2O/c1-13(2)4-3-11(10-16)9-12(13)15-7-5-14-6-8-15/h9-11,14H,3-8H2,1-2H3. The van der Waals surface area contributed by atoms with E-state index < -0.39 is 0 Å². The first-order chi connectivity index (χ1) is 7.63. The molecule has 90 valence electrons. The molecule has 1 heterocycles. The van der Waals surface area contributed by atoms with Gasteiger partial charge in [-0.05, 0) is 12.8 Å². The average molecular weight is 222 g/mol. The Hall–Kier alpha value is -0.830. The highest BCUT2D eigenvalue weighted by Crippen LogP contribution is 2.40. The zero-order valence-electron chi connectivity index (χ0n) is 10.3. The van der Waals surface area contributed by atoms with E-state index in [1.807, 2.05) is 0 Å².